The van der Waals surface area contributed by atoms with Gasteiger partial charge in [0.1, 0.15) is 11.5 Å². The van der Waals surface area contributed by atoms with Crippen molar-refractivity contribution in [2.45, 2.75) is 0 Å². The standard InChI is InChI=1S/C18H14N8O/c1-5-15(6-2-13(1)21-25-17-9-11-19-23-17)27-16-7-3-14(4-8-16)22-26-18-10-12-20-24-18/h1-12H,(H,19,23)(H,20,24). The van der Waals surface area contributed by atoms with Gasteiger partial charge >= 0.3 is 0 Å². The highest BCUT2D eigenvalue weighted by molar-refractivity contribution is 5.45. The largest absolute Gasteiger partial charge is 0.457 e. The third-order valence-corrected chi connectivity index (χ3v) is 3.42. The number of aromatic amines is 2. The van der Waals surface area contributed by atoms with E-state index >= 15 is 0 Å². The molecule has 2 N–H and O–H groups in total. The van der Waals surface area contributed by atoms with Gasteiger partial charge in [0, 0.05) is 24.5 Å². The number of ether oxygens (including phenoxy) is 1. The topological polar surface area (TPSA) is 116 Å². The Labute approximate surface area is 153 Å². The quantitative estimate of drug-likeness (QED) is 0.427. The maximum absolute atomic E-state index is 5.81. The molecule has 9 nitrogen and oxygen atoms in total. The highest BCUT2D eigenvalue weighted by atomic mass is 16.5. The van der Waals surface area contributed by atoms with Crippen molar-refractivity contribution in [3.8, 4) is 11.5 Å². The summed E-state index contributed by atoms with van der Waals surface area (Å²) in [4.78, 5) is 0. The Kier molecular flexibility index (Phi) is 4.74. The van der Waals surface area contributed by atoms with Gasteiger partial charge in [0.15, 0.2) is 11.6 Å². The molecule has 2 aromatic carbocycles. The number of nitrogens with zero attached hydrogens (tertiary/aromatic N) is 6. The van der Waals surface area contributed by atoms with Crippen LogP contribution >= 0.6 is 0 Å². The van der Waals surface area contributed by atoms with Gasteiger partial charge in [0.05, 0.1) is 11.4 Å². The first kappa shape index (κ1) is 16.3. The Morgan fingerprint density at radius 2 is 1.00 bits per heavy atom. The molecule has 0 saturated heterocycles. The molecule has 9 heteroatoms. The molecule has 0 radical (unpaired) electrons. The van der Waals surface area contributed by atoms with Crippen molar-refractivity contribution in [3.05, 3.63) is 73.1 Å². The molecule has 0 unspecified atom stereocenters. The summed E-state index contributed by atoms with van der Waals surface area (Å²) >= 11 is 0. The molecule has 132 valence electrons. The van der Waals surface area contributed by atoms with Gasteiger partial charge in [-0.1, -0.05) is 0 Å². The lowest BCUT2D eigenvalue weighted by atomic mass is 10.3. The lowest BCUT2D eigenvalue weighted by Crippen LogP contribution is -1.82. The molecule has 4 aromatic rings. The second-order valence-corrected chi connectivity index (χ2v) is 5.35. The first-order valence-electron chi connectivity index (χ1n) is 8.06. The summed E-state index contributed by atoms with van der Waals surface area (Å²) < 4.78 is 5.81. The number of hydrogen-bond donors (Lipinski definition) is 2. The van der Waals surface area contributed by atoms with Crippen molar-refractivity contribution in [2.75, 3.05) is 0 Å². The highest BCUT2D eigenvalue weighted by Gasteiger charge is 1.99. The predicted octanol–water partition coefficient (Wildman–Crippen LogP) is 5.76. The van der Waals surface area contributed by atoms with E-state index in [4.69, 9.17) is 4.74 Å². The summed E-state index contributed by atoms with van der Waals surface area (Å²) in [5, 5.41) is 29.4. The molecule has 0 bridgehead atoms. The zero-order valence-corrected chi connectivity index (χ0v) is 14.0. The van der Waals surface area contributed by atoms with E-state index < -0.39 is 0 Å². The summed E-state index contributed by atoms with van der Waals surface area (Å²) in [5.74, 6) is 2.44. The first-order chi connectivity index (χ1) is 13.3. The van der Waals surface area contributed by atoms with Crippen LogP contribution in [0.2, 0.25) is 0 Å². The van der Waals surface area contributed by atoms with Gasteiger partial charge in [-0.2, -0.15) is 10.2 Å². The van der Waals surface area contributed by atoms with Crippen LogP contribution in [0.4, 0.5) is 23.0 Å². The fourth-order valence-electron chi connectivity index (χ4n) is 2.13. The highest BCUT2D eigenvalue weighted by Crippen LogP contribution is 2.27. The Bertz CT molecular complexity index is 934. The van der Waals surface area contributed by atoms with Gasteiger partial charge in [-0.25, -0.2) is 0 Å². The van der Waals surface area contributed by atoms with Crippen molar-refractivity contribution >= 4 is 23.0 Å². The van der Waals surface area contributed by atoms with Crippen LogP contribution in [-0.4, -0.2) is 20.4 Å². The molecule has 0 aliphatic carbocycles. The Morgan fingerprint density at radius 3 is 1.37 bits per heavy atom. The fraction of sp³-hybridized carbons (Fsp3) is 0. The summed E-state index contributed by atoms with van der Waals surface area (Å²) in [6.45, 7) is 0. The van der Waals surface area contributed by atoms with Crippen molar-refractivity contribution < 1.29 is 4.74 Å². The van der Waals surface area contributed by atoms with Crippen LogP contribution in [0.5, 0.6) is 11.5 Å². The van der Waals surface area contributed by atoms with Crippen molar-refractivity contribution in [3.63, 3.8) is 0 Å². The lowest BCUT2D eigenvalue weighted by molar-refractivity contribution is 0.483. The molecule has 27 heavy (non-hydrogen) atoms. The predicted molar refractivity (Wildman–Crippen MR) is 98.5 cm³/mol. The maximum Gasteiger partial charge on any atom is 0.195 e. The lowest BCUT2D eigenvalue weighted by Gasteiger charge is -2.05. The van der Waals surface area contributed by atoms with Crippen LogP contribution < -0.4 is 4.74 Å². The Hall–Kier alpha value is -4.14. The zero-order chi connectivity index (χ0) is 18.3. The van der Waals surface area contributed by atoms with Crippen LogP contribution in [0.1, 0.15) is 0 Å². The third kappa shape index (κ3) is 4.48. The average molecular weight is 358 g/mol. The minimum atomic E-state index is 0.528. The van der Waals surface area contributed by atoms with Gasteiger partial charge < -0.3 is 4.74 Å². The summed E-state index contributed by atoms with van der Waals surface area (Å²) in [6, 6.07) is 18.0. The molecule has 2 aromatic heterocycles. The smallest absolute Gasteiger partial charge is 0.195 e. The normalized spacial score (nSPS) is 11.4. The molecular formula is C18H14N8O. The number of hydrogen-bond acceptors (Lipinski definition) is 7. The van der Waals surface area contributed by atoms with Crippen LogP contribution in [-0.2, 0) is 0 Å². The van der Waals surface area contributed by atoms with Crippen LogP contribution in [0, 0.1) is 0 Å². The van der Waals surface area contributed by atoms with E-state index in [1.165, 1.54) is 0 Å². The van der Waals surface area contributed by atoms with Gasteiger partial charge in [-0.15, -0.1) is 20.5 Å². The molecule has 0 amide bonds. The molecule has 4 rings (SSSR count). The van der Waals surface area contributed by atoms with E-state index in [-0.39, 0.29) is 0 Å². The number of aromatic nitrogens is 4. The Morgan fingerprint density at radius 1 is 0.556 bits per heavy atom. The fourth-order valence-corrected chi connectivity index (χ4v) is 2.13. The second kappa shape index (κ2) is 7.83. The third-order valence-electron chi connectivity index (χ3n) is 3.42. The molecule has 0 aliphatic heterocycles. The first-order valence-corrected chi connectivity index (χ1v) is 8.06. The average Bonchev–Trinajstić information content (AvgIpc) is 3.41. The van der Waals surface area contributed by atoms with E-state index in [9.17, 15) is 0 Å². The van der Waals surface area contributed by atoms with Crippen LogP contribution in [0.3, 0.4) is 0 Å². The summed E-state index contributed by atoms with van der Waals surface area (Å²) in [5.41, 5.74) is 1.42. The molecule has 0 fully saturated rings. The zero-order valence-electron chi connectivity index (χ0n) is 14.0. The maximum atomic E-state index is 5.81. The van der Waals surface area contributed by atoms with Crippen LogP contribution in [0.15, 0.2) is 93.5 Å². The van der Waals surface area contributed by atoms with E-state index in [1.54, 1.807) is 24.5 Å². The number of azo groups is 2. The number of H-pyrrole nitrogens is 2. The SMILES string of the molecule is c1cc(N=Nc2ccc(Oc3ccc(N=Nc4cc[nH]n4)cc3)cc2)n[nH]1. The molecular weight excluding hydrogens is 344 g/mol. The molecule has 0 saturated carbocycles. The van der Waals surface area contributed by atoms with Gasteiger partial charge in [0.2, 0.25) is 0 Å². The van der Waals surface area contributed by atoms with E-state index in [0.29, 0.717) is 34.5 Å². The van der Waals surface area contributed by atoms with Gasteiger partial charge in [-0.3, -0.25) is 10.2 Å². The van der Waals surface area contributed by atoms with E-state index in [0.717, 1.165) is 0 Å². The second-order valence-electron chi connectivity index (χ2n) is 5.35. The van der Waals surface area contributed by atoms with Gasteiger partial charge in [-0.05, 0) is 48.5 Å². The molecule has 0 atom stereocenters. The molecule has 0 spiro atoms. The van der Waals surface area contributed by atoms with E-state index in [2.05, 4.69) is 40.9 Å². The minimum Gasteiger partial charge on any atom is -0.457 e. The van der Waals surface area contributed by atoms with Crippen LogP contribution in [0.25, 0.3) is 0 Å². The summed E-state index contributed by atoms with van der Waals surface area (Å²) in [7, 11) is 0. The summed E-state index contributed by atoms with van der Waals surface area (Å²) in [6.07, 6.45) is 3.38. The van der Waals surface area contributed by atoms with Crippen molar-refractivity contribution in [1.29, 1.82) is 0 Å². The monoisotopic (exact) mass is 358 g/mol. The number of benzene rings is 2. The minimum absolute atomic E-state index is 0.528. The van der Waals surface area contributed by atoms with Crippen molar-refractivity contribution in [2.24, 2.45) is 20.5 Å². The Balaban J connectivity index is 1.37. The number of nitrogens with one attached hydrogen (secondary N) is 2. The van der Waals surface area contributed by atoms with Gasteiger partial charge in [0.25, 0.3) is 0 Å². The number of rotatable bonds is 6. The van der Waals surface area contributed by atoms with E-state index in [1.807, 2.05) is 48.5 Å². The molecule has 0 aliphatic rings. The molecule has 2 heterocycles. The van der Waals surface area contributed by atoms with Crippen molar-refractivity contribution in [1.82, 2.24) is 20.4 Å².